The molecule has 318 valence electrons. The smallest absolute Gasteiger partial charge is 0.141 e. The molecular formula is C60H47B7N2. The van der Waals surface area contributed by atoms with Crippen LogP contribution >= 0.6 is 0 Å². The maximum absolute atomic E-state index is 2.59. The van der Waals surface area contributed by atoms with E-state index >= 15 is 0 Å². The Hall–Kier alpha value is -7.75. The minimum Gasteiger partial charge on any atom is -0.310 e. The van der Waals surface area contributed by atoms with E-state index in [0.29, 0.717) is 0 Å². The van der Waals surface area contributed by atoms with Gasteiger partial charge in [-0.15, -0.1) is 5.46 Å². The Labute approximate surface area is 410 Å². The van der Waals surface area contributed by atoms with E-state index < -0.39 is 0 Å². The summed E-state index contributed by atoms with van der Waals surface area (Å²) >= 11 is 0. The first kappa shape index (κ1) is 42.6. The first-order chi connectivity index (χ1) is 33.7. The van der Waals surface area contributed by atoms with Gasteiger partial charge in [0, 0.05) is 38.6 Å². The third kappa shape index (κ3) is 6.73. The van der Waals surface area contributed by atoms with Gasteiger partial charge in [-0.1, -0.05) is 191 Å². The summed E-state index contributed by atoms with van der Waals surface area (Å²) in [6.07, 6.45) is 0. The monoisotopic (exact) mass is 872 g/mol. The van der Waals surface area contributed by atoms with E-state index in [4.69, 9.17) is 0 Å². The van der Waals surface area contributed by atoms with Crippen LogP contribution in [-0.2, 0) is 0 Å². The second kappa shape index (κ2) is 16.8. The van der Waals surface area contributed by atoms with Crippen molar-refractivity contribution in [1.29, 1.82) is 0 Å². The topological polar surface area (TPSA) is 9.86 Å². The normalized spacial score (nSPS) is 11.6. The van der Waals surface area contributed by atoms with E-state index in [1.807, 2.05) is 0 Å². The summed E-state index contributed by atoms with van der Waals surface area (Å²) in [5.74, 6) is 0. The first-order valence-corrected chi connectivity index (χ1v) is 24.3. The number of fused-ring (bicyclic) bond motifs is 6. The Morgan fingerprint density at radius 1 is 0.261 bits per heavy atom. The molecule has 2 heterocycles. The molecule has 0 aliphatic heterocycles. The Morgan fingerprint density at radius 3 is 1.36 bits per heavy atom. The second-order valence-electron chi connectivity index (χ2n) is 19.0. The minimum absolute atomic E-state index is 1.14. The predicted molar refractivity (Wildman–Crippen MR) is 320 cm³/mol. The average molecular weight is 872 g/mol. The highest BCUT2D eigenvalue weighted by molar-refractivity contribution is 6.69. The third-order valence-corrected chi connectivity index (χ3v) is 15.4. The summed E-state index contributed by atoms with van der Waals surface area (Å²) in [6.45, 7) is 0. The fraction of sp³-hybridized carbons (Fsp3) is 0. The van der Waals surface area contributed by atoms with Gasteiger partial charge in [0.15, 0.2) is 0 Å². The highest BCUT2D eigenvalue weighted by Gasteiger charge is 2.26. The van der Waals surface area contributed by atoms with E-state index in [9.17, 15) is 0 Å². The zero-order valence-electron chi connectivity index (χ0n) is 40.4. The zero-order valence-corrected chi connectivity index (χ0v) is 40.4. The van der Waals surface area contributed by atoms with Crippen LogP contribution in [-0.4, -0.2) is 64.1 Å². The van der Waals surface area contributed by atoms with Gasteiger partial charge in [0.25, 0.3) is 0 Å². The second-order valence-corrected chi connectivity index (χ2v) is 19.0. The van der Waals surface area contributed by atoms with Crippen LogP contribution < -0.4 is 38.2 Å². The van der Waals surface area contributed by atoms with Crippen molar-refractivity contribution in [2.75, 3.05) is 0 Å². The summed E-state index contributed by atoms with van der Waals surface area (Å²) < 4.78 is 5.07. The SMILES string of the molecule is Bc1c(B)c(B)c2c(c1B)c1c(B)c(-c3ccc4c(c3)c3c(-c5ccccc5-c5ccccc5)cccc3n4-c3cccc(-c4ccccc4)c3)c(B)c(B)c1n2-c1cccc(-c2ccccc2)c1. The van der Waals surface area contributed by atoms with Crippen LogP contribution in [0.25, 0.3) is 111 Å². The van der Waals surface area contributed by atoms with E-state index in [0.717, 1.165) is 5.69 Å². The molecule has 12 rings (SSSR count). The van der Waals surface area contributed by atoms with Crippen molar-refractivity contribution in [2.45, 2.75) is 0 Å². The molecule has 0 bridgehead atoms. The van der Waals surface area contributed by atoms with Gasteiger partial charge < -0.3 is 9.13 Å². The van der Waals surface area contributed by atoms with Crippen LogP contribution in [0.5, 0.6) is 0 Å². The molecule has 0 N–H and O–H groups in total. The van der Waals surface area contributed by atoms with Gasteiger partial charge in [-0.2, -0.15) is 0 Å². The molecule has 2 nitrogen and oxygen atoms in total. The van der Waals surface area contributed by atoms with Gasteiger partial charge in [-0.3, -0.25) is 0 Å². The lowest BCUT2D eigenvalue weighted by molar-refractivity contribution is 1.18. The fourth-order valence-corrected chi connectivity index (χ4v) is 11.6. The van der Waals surface area contributed by atoms with E-state index in [1.165, 1.54) is 143 Å². The van der Waals surface area contributed by atoms with Gasteiger partial charge in [-0.25, -0.2) is 0 Å². The highest BCUT2D eigenvalue weighted by atomic mass is 15.0. The fourth-order valence-electron chi connectivity index (χ4n) is 11.6. The summed E-state index contributed by atoms with van der Waals surface area (Å²) in [5.41, 5.74) is 28.9. The molecule has 12 aromatic rings. The number of rotatable bonds is 7. The highest BCUT2D eigenvalue weighted by Crippen LogP contribution is 2.43. The van der Waals surface area contributed by atoms with Crippen molar-refractivity contribution in [2.24, 2.45) is 0 Å². The van der Waals surface area contributed by atoms with Gasteiger partial charge in [0.2, 0.25) is 0 Å². The lowest BCUT2D eigenvalue weighted by atomic mass is 9.64. The molecule has 0 aliphatic carbocycles. The maximum Gasteiger partial charge on any atom is 0.141 e. The van der Waals surface area contributed by atoms with Crippen molar-refractivity contribution in [3.63, 3.8) is 0 Å². The molecule has 0 atom stereocenters. The molecule has 0 radical (unpaired) electrons. The van der Waals surface area contributed by atoms with Crippen LogP contribution in [0.3, 0.4) is 0 Å². The van der Waals surface area contributed by atoms with Gasteiger partial charge >= 0.3 is 0 Å². The molecule has 0 fully saturated rings. The molecule has 10 aromatic carbocycles. The van der Waals surface area contributed by atoms with Crippen molar-refractivity contribution in [1.82, 2.24) is 9.13 Å². The molecule has 0 amide bonds. The Balaban J connectivity index is 1.16. The number of hydrogen-bond donors (Lipinski definition) is 0. The number of aromatic nitrogens is 2. The van der Waals surface area contributed by atoms with E-state index in [-0.39, 0.29) is 0 Å². The molecule has 0 unspecified atom stereocenters. The van der Waals surface area contributed by atoms with Crippen molar-refractivity contribution in [3.05, 3.63) is 200 Å². The largest absolute Gasteiger partial charge is 0.310 e. The Morgan fingerprint density at radius 2 is 0.739 bits per heavy atom. The third-order valence-electron chi connectivity index (χ3n) is 15.4. The van der Waals surface area contributed by atoms with E-state index in [1.54, 1.807) is 0 Å². The molecular weight excluding hydrogens is 824 g/mol. The summed E-state index contributed by atoms with van der Waals surface area (Å²) in [5, 5.41) is 5.19. The van der Waals surface area contributed by atoms with Crippen molar-refractivity contribution in [3.8, 4) is 67.0 Å². The summed E-state index contributed by atoms with van der Waals surface area (Å²) in [7, 11) is 16.3. The Bertz CT molecular complexity index is 4030. The zero-order chi connectivity index (χ0) is 47.1. The average Bonchev–Trinajstić information content (AvgIpc) is 3.94. The van der Waals surface area contributed by atoms with Gasteiger partial charge in [0.1, 0.15) is 54.9 Å². The lowest BCUT2D eigenvalue weighted by Gasteiger charge is -2.19. The number of hydrogen-bond acceptors (Lipinski definition) is 0. The van der Waals surface area contributed by atoms with Crippen molar-refractivity contribution >= 4 is 137 Å². The standard InChI is InChI=1S/C60H47B7N2/c61-52-48(53(62)57(66)59-50(52)51-54(63)55(64)56(65)58(67)60(51)69(59)41-24-13-22-38(32-41)35-17-6-2-7-18-35)39-29-30-46-45(33-39)49-44(43-26-11-10-25-42(43)36-19-8-3-9-20-36)27-14-28-47(49)68(46)40-23-12-21-37(31-40)34-15-4-1-5-16-34/h1-33H,61-67H2. The Kier molecular flexibility index (Phi) is 10.4. The number of nitrogens with zero attached hydrogens (tertiary/aromatic N) is 2. The van der Waals surface area contributed by atoms with Crippen LogP contribution in [0.15, 0.2) is 200 Å². The molecule has 0 spiro atoms. The molecule has 0 aliphatic rings. The lowest BCUT2D eigenvalue weighted by Crippen LogP contribution is -2.48. The quantitative estimate of drug-likeness (QED) is 0.215. The van der Waals surface area contributed by atoms with Crippen LogP contribution in [0.1, 0.15) is 0 Å². The molecule has 0 saturated carbocycles. The van der Waals surface area contributed by atoms with Crippen molar-refractivity contribution < 1.29 is 0 Å². The van der Waals surface area contributed by atoms with E-state index in [2.05, 4.69) is 264 Å². The number of benzene rings is 10. The van der Waals surface area contributed by atoms with Crippen LogP contribution in [0.2, 0.25) is 0 Å². The summed E-state index contributed by atoms with van der Waals surface area (Å²) in [4.78, 5) is 0. The molecule has 9 heteroatoms. The van der Waals surface area contributed by atoms with Crippen LogP contribution in [0.4, 0.5) is 0 Å². The molecule has 2 aromatic heterocycles. The first-order valence-electron chi connectivity index (χ1n) is 24.3. The van der Waals surface area contributed by atoms with Crippen LogP contribution in [0, 0.1) is 0 Å². The van der Waals surface area contributed by atoms with Gasteiger partial charge in [-0.05, 0) is 103 Å². The minimum atomic E-state index is 1.14. The van der Waals surface area contributed by atoms with Gasteiger partial charge in [0.05, 0.1) is 11.0 Å². The summed E-state index contributed by atoms with van der Waals surface area (Å²) in [6, 6.07) is 73.5. The maximum atomic E-state index is 2.59. The molecule has 0 saturated heterocycles. The molecule has 69 heavy (non-hydrogen) atoms. The predicted octanol–water partition coefficient (Wildman–Crippen LogP) is 4.02.